The molecule has 1 aliphatic heterocycles. The number of aliphatic hydroxyl groups is 1. The molecule has 1 aliphatic rings. The number of anilines is 1. The first-order valence-electron chi connectivity index (χ1n) is 6.53. The Bertz CT molecular complexity index is 424. The number of aliphatic hydroxyl groups excluding tert-OH is 1. The number of amides is 1. The number of hydrogen-bond acceptors (Lipinski definition) is 5. The highest BCUT2D eigenvalue weighted by Crippen LogP contribution is 2.28. The molecule has 1 aromatic rings. The summed E-state index contributed by atoms with van der Waals surface area (Å²) in [5.74, 6) is 0.0529. The van der Waals surface area contributed by atoms with E-state index in [-0.39, 0.29) is 17.9 Å². The van der Waals surface area contributed by atoms with Gasteiger partial charge in [-0.1, -0.05) is 6.92 Å². The molecular formula is C13H21N3O2S. The summed E-state index contributed by atoms with van der Waals surface area (Å²) in [5.41, 5.74) is -0.0711. The Morgan fingerprint density at radius 2 is 2.47 bits per heavy atom. The van der Waals surface area contributed by atoms with Crippen LogP contribution in [0.25, 0.3) is 0 Å². The maximum Gasteiger partial charge on any atom is 0.242 e. The van der Waals surface area contributed by atoms with Crippen LogP contribution in [0.5, 0.6) is 0 Å². The van der Waals surface area contributed by atoms with E-state index in [9.17, 15) is 9.90 Å². The van der Waals surface area contributed by atoms with Crippen molar-refractivity contribution in [3.8, 4) is 0 Å². The van der Waals surface area contributed by atoms with Crippen molar-refractivity contribution in [2.75, 3.05) is 38.2 Å². The van der Waals surface area contributed by atoms with Gasteiger partial charge in [-0.25, -0.2) is 4.98 Å². The summed E-state index contributed by atoms with van der Waals surface area (Å²) in [5, 5.41) is 12.0. The van der Waals surface area contributed by atoms with Gasteiger partial charge in [0.15, 0.2) is 5.13 Å². The standard InChI is InChI=1S/C13H21N3O2S/c1-13(10-17)4-3-6-16(9-13)8-11(18)15(2)12-14-5-7-19-12/h5,7,17H,3-4,6,8-10H2,1-2H3. The van der Waals surface area contributed by atoms with Gasteiger partial charge in [0.1, 0.15) is 0 Å². The highest BCUT2D eigenvalue weighted by molar-refractivity contribution is 7.13. The lowest BCUT2D eigenvalue weighted by atomic mass is 9.83. The molecule has 0 aliphatic carbocycles. The van der Waals surface area contributed by atoms with Crippen LogP contribution in [0, 0.1) is 5.41 Å². The van der Waals surface area contributed by atoms with Gasteiger partial charge in [0.25, 0.3) is 0 Å². The van der Waals surface area contributed by atoms with E-state index in [0.717, 1.165) is 31.1 Å². The Labute approximate surface area is 117 Å². The van der Waals surface area contributed by atoms with Gasteiger partial charge in [-0.15, -0.1) is 11.3 Å². The van der Waals surface area contributed by atoms with Gasteiger partial charge in [0.2, 0.25) is 5.91 Å². The molecule has 0 saturated carbocycles. The molecule has 2 heterocycles. The van der Waals surface area contributed by atoms with E-state index in [1.807, 2.05) is 5.38 Å². The fourth-order valence-corrected chi connectivity index (χ4v) is 3.10. The number of carbonyl (C=O) groups excluding carboxylic acids is 1. The summed E-state index contributed by atoms with van der Waals surface area (Å²) in [4.78, 5) is 20.1. The van der Waals surface area contributed by atoms with E-state index >= 15 is 0 Å². The topological polar surface area (TPSA) is 56.7 Å². The zero-order chi connectivity index (χ0) is 13.9. The molecule has 0 aromatic carbocycles. The monoisotopic (exact) mass is 283 g/mol. The number of thiazole rings is 1. The Hall–Kier alpha value is -0.980. The van der Waals surface area contributed by atoms with Gasteiger partial charge in [-0.05, 0) is 19.4 Å². The molecule has 5 nitrogen and oxygen atoms in total. The quantitative estimate of drug-likeness (QED) is 0.902. The van der Waals surface area contributed by atoms with E-state index in [4.69, 9.17) is 0 Å². The average molecular weight is 283 g/mol. The van der Waals surface area contributed by atoms with Crippen LogP contribution >= 0.6 is 11.3 Å². The number of nitrogens with zero attached hydrogens (tertiary/aromatic N) is 3. The van der Waals surface area contributed by atoms with Gasteiger partial charge < -0.3 is 5.11 Å². The predicted molar refractivity (Wildman–Crippen MR) is 76.4 cm³/mol. The molecule has 1 atom stereocenters. The zero-order valence-electron chi connectivity index (χ0n) is 11.5. The summed E-state index contributed by atoms with van der Waals surface area (Å²) < 4.78 is 0. The van der Waals surface area contributed by atoms with Crippen LogP contribution in [0.15, 0.2) is 11.6 Å². The molecule has 6 heteroatoms. The number of piperidine rings is 1. The summed E-state index contributed by atoms with van der Waals surface area (Å²) in [6.07, 6.45) is 3.76. The Morgan fingerprint density at radius 1 is 1.68 bits per heavy atom. The summed E-state index contributed by atoms with van der Waals surface area (Å²) in [6, 6.07) is 0. The lowest BCUT2D eigenvalue weighted by Gasteiger charge is -2.39. The third-order valence-corrected chi connectivity index (χ3v) is 4.53. The van der Waals surface area contributed by atoms with Gasteiger partial charge >= 0.3 is 0 Å². The molecule has 0 radical (unpaired) electrons. The van der Waals surface area contributed by atoms with Crippen LogP contribution in [0.1, 0.15) is 19.8 Å². The van der Waals surface area contributed by atoms with Crippen molar-refractivity contribution in [3.05, 3.63) is 11.6 Å². The molecule has 1 saturated heterocycles. The summed E-state index contributed by atoms with van der Waals surface area (Å²) in [6.45, 7) is 4.36. The molecule has 1 unspecified atom stereocenters. The number of hydrogen-bond donors (Lipinski definition) is 1. The van der Waals surface area contributed by atoms with Gasteiger partial charge in [0.05, 0.1) is 6.54 Å². The van der Waals surface area contributed by atoms with E-state index in [1.165, 1.54) is 11.3 Å². The molecule has 0 spiro atoms. The first-order chi connectivity index (χ1) is 9.04. The fourth-order valence-electron chi connectivity index (χ4n) is 2.48. The molecule has 19 heavy (non-hydrogen) atoms. The Kier molecular flexibility index (Phi) is 4.54. The Balaban J connectivity index is 1.92. The van der Waals surface area contributed by atoms with Gasteiger partial charge in [0, 0.05) is 37.2 Å². The fraction of sp³-hybridized carbons (Fsp3) is 0.692. The van der Waals surface area contributed by atoms with E-state index < -0.39 is 0 Å². The van der Waals surface area contributed by atoms with Crippen molar-refractivity contribution in [3.63, 3.8) is 0 Å². The van der Waals surface area contributed by atoms with Crippen molar-refractivity contribution in [2.24, 2.45) is 5.41 Å². The van der Waals surface area contributed by atoms with Crippen LogP contribution < -0.4 is 4.90 Å². The SMILES string of the molecule is CN(C(=O)CN1CCCC(C)(CO)C1)c1nccs1. The minimum atomic E-state index is -0.0711. The maximum absolute atomic E-state index is 12.2. The van der Waals surface area contributed by atoms with Crippen molar-refractivity contribution >= 4 is 22.4 Å². The minimum Gasteiger partial charge on any atom is -0.396 e. The largest absolute Gasteiger partial charge is 0.396 e. The number of likely N-dealkylation sites (N-methyl/N-ethyl adjacent to an activating group) is 1. The second-order valence-electron chi connectivity index (χ2n) is 5.55. The van der Waals surface area contributed by atoms with Gasteiger partial charge in [-0.2, -0.15) is 0 Å². The van der Waals surface area contributed by atoms with E-state index in [2.05, 4.69) is 16.8 Å². The first-order valence-corrected chi connectivity index (χ1v) is 7.41. The summed E-state index contributed by atoms with van der Waals surface area (Å²) in [7, 11) is 1.76. The molecule has 106 valence electrons. The third-order valence-electron chi connectivity index (χ3n) is 3.68. The molecule has 1 N–H and O–H groups in total. The molecule has 1 aromatic heterocycles. The summed E-state index contributed by atoms with van der Waals surface area (Å²) >= 11 is 1.46. The normalized spacial score (nSPS) is 24.4. The van der Waals surface area contributed by atoms with Crippen molar-refractivity contribution in [2.45, 2.75) is 19.8 Å². The van der Waals surface area contributed by atoms with Crippen LogP contribution in [0.4, 0.5) is 5.13 Å². The number of carbonyl (C=O) groups is 1. The molecule has 1 fully saturated rings. The maximum atomic E-state index is 12.2. The zero-order valence-corrected chi connectivity index (χ0v) is 12.3. The van der Waals surface area contributed by atoms with Crippen molar-refractivity contribution < 1.29 is 9.90 Å². The van der Waals surface area contributed by atoms with Crippen molar-refractivity contribution in [1.82, 2.24) is 9.88 Å². The molecule has 1 amide bonds. The van der Waals surface area contributed by atoms with Crippen LogP contribution in [0.2, 0.25) is 0 Å². The molecule has 0 bridgehead atoms. The van der Waals surface area contributed by atoms with Gasteiger partial charge in [-0.3, -0.25) is 14.6 Å². The third kappa shape index (κ3) is 3.52. The highest BCUT2D eigenvalue weighted by Gasteiger charge is 2.31. The Morgan fingerprint density at radius 3 is 3.11 bits per heavy atom. The molecule has 2 rings (SSSR count). The first kappa shape index (κ1) is 14.4. The number of likely N-dealkylation sites (tertiary alicyclic amines) is 1. The lowest BCUT2D eigenvalue weighted by molar-refractivity contribution is -0.120. The number of rotatable bonds is 4. The van der Waals surface area contributed by atoms with Crippen LogP contribution in [-0.2, 0) is 4.79 Å². The van der Waals surface area contributed by atoms with E-state index in [0.29, 0.717) is 6.54 Å². The van der Waals surface area contributed by atoms with Crippen LogP contribution in [-0.4, -0.2) is 54.2 Å². The predicted octanol–water partition coefficient (Wildman–Crippen LogP) is 1.20. The van der Waals surface area contributed by atoms with Crippen LogP contribution in [0.3, 0.4) is 0 Å². The lowest BCUT2D eigenvalue weighted by Crippen LogP contribution is -2.47. The second-order valence-corrected chi connectivity index (χ2v) is 6.42. The number of aromatic nitrogens is 1. The van der Waals surface area contributed by atoms with Crippen molar-refractivity contribution in [1.29, 1.82) is 0 Å². The average Bonchev–Trinajstić information content (AvgIpc) is 2.92. The second kappa shape index (κ2) is 5.98. The highest BCUT2D eigenvalue weighted by atomic mass is 32.1. The van der Waals surface area contributed by atoms with E-state index in [1.54, 1.807) is 18.1 Å². The molecular weight excluding hydrogens is 262 g/mol. The smallest absolute Gasteiger partial charge is 0.242 e. The minimum absolute atomic E-state index is 0.0529.